The molecule has 17 heavy (non-hydrogen) atoms. The number of aromatic amines is 1. The normalized spacial score (nSPS) is 20.2. The van der Waals surface area contributed by atoms with E-state index in [-0.39, 0.29) is 18.6 Å². The highest BCUT2D eigenvalue weighted by Gasteiger charge is 2.15. The first-order chi connectivity index (χ1) is 8.16. The van der Waals surface area contributed by atoms with Crippen LogP contribution in [0.25, 0.3) is 0 Å². The van der Waals surface area contributed by atoms with Crippen LogP contribution in [0.15, 0.2) is 15.7 Å². The largest absolute Gasteiger partial charge is 0.476 e. The molecule has 0 radical (unpaired) electrons. The summed E-state index contributed by atoms with van der Waals surface area (Å²) in [5, 5.41) is 0. The first-order valence-corrected chi connectivity index (χ1v) is 5.29. The maximum Gasteiger partial charge on any atom is 0.330 e. The molecule has 2 heterocycles. The van der Waals surface area contributed by atoms with E-state index >= 15 is 0 Å². The highest BCUT2D eigenvalue weighted by Crippen LogP contribution is 2.06. The molecule has 1 aromatic rings. The Bertz CT molecular complexity index is 486. The first-order valence-electron chi connectivity index (χ1n) is 5.29. The molecule has 2 rings (SSSR count). The van der Waals surface area contributed by atoms with Gasteiger partial charge in [0.1, 0.15) is 12.7 Å². The third kappa shape index (κ3) is 2.95. The second-order valence-corrected chi connectivity index (χ2v) is 3.71. The number of ether oxygens (including phenoxy) is 3. The molecule has 0 amide bonds. The zero-order valence-corrected chi connectivity index (χ0v) is 9.47. The van der Waals surface area contributed by atoms with Gasteiger partial charge in [0.05, 0.1) is 25.9 Å². The van der Waals surface area contributed by atoms with Crippen molar-refractivity contribution in [2.75, 3.05) is 26.4 Å². The monoisotopic (exact) mass is 242 g/mol. The quantitative estimate of drug-likeness (QED) is 0.725. The molecule has 1 aliphatic heterocycles. The predicted molar refractivity (Wildman–Crippen MR) is 58.4 cm³/mol. The summed E-state index contributed by atoms with van der Waals surface area (Å²) in [4.78, 5) is 24.5. The zero-order valence-electron chi connectivity index (χ0n) is 9.47. The fourth-order valence-electron chi connectivity index (χ4n) is 1.48. The lowest BCUT2D eigenvalue weighted by molar-refractivity contribution is -0.102. The number of hydrogen-bond donors (Lipinski definition) is 1. The van der Waals surface area contributed by atoms with E-state index in [0.29, 0.717) is 19.8 Å². The molecule has 1 unspecified atom stereocenters. The SMILES string of the molecule is Cn1c(OCC2COCCO2)cc(=O)[nH]c1=O. The minimum Gasteiger partial charge on any atom is -0.476 e. The van der Waals surface area contributed by atoms with Crippen LogP contribution in [0.4, 0.5) is 0 Å². The molecule has 1 N–H and O–H groups in total. The molecule has 7 heteroatoms. The summed E-state index contributed by atoms with van der Waals surface area (Å²) < 4.78 is 17.2. The van der Waals surface area contributed by atoms with E-state index in [1.54, 1.807) is 0 Å². The molecule has 94 valence electrons. The molecule has 0 aliphatic carbocycles. The lowest BCUT2D eigenvalue weighted by Gasteiger charge is -2.23. The van der Waals surface area contributed by atoms with Gasteiger partial charge in [-0.3, -0.25) is 14.3 Å². The third-order valence-electron chi connectivity index (χ3n) is 2.42. The lowest BCUT2D eigenvalue weighted by Crippen LogP contribution is -2.35. The molecule has 0 saturated carbocycles. The summed E-state index contributed by atoms with van der Waals surface area (Å²) in [6, 6.07) is 1.23. The Morgan fingerprint density at radius 3 is 3.06 bits per heavy atom. The molecule has 1 aromatic heterocycles. The number of nitrogens with one attached hydrogen (secondary N) is 1. The highest BCUT2D eigenvalue weighted by molar-refractivity contribution is 5.07. The van der Waals surface area contributed by atoms with Gasteiger partial charge in [0, 0.05) is 7.05 Å². The van der Waals surface area contributed by atoms with E-state index in [1.807, 2.05) is 0 Å². The summed E-state index contributed by atoms with van der Waals surface area (Å²) in [5.41, 5.74) is -0.989. The van der Waals surface area contributed by atoms with Gasteiger partial charge >= 0.3 is 5.69 Å². The first kappa shape index (κ1) is 11.9. The van der Waals surface area contributed by atoms with Gasteiger partial charge in [0.25, 0.3) is 5.56 Å². The second kappa shape index (κ2) is 5.15. The summed E-state index contributed by atoms with van der Waals surface area (Å²) in [7, 11) is 1.52. The van der Waals surface area contributed by atoms with Gasteiger partial charge < -0.3 is 14.2 Å². The summed E-state index contributed by atoms with van der Waals surface area (Å²) in [6.45, 7) is 1.82. The number of nitrogens with zero attached hydrogens (tertiary/aromatic N) is 1. The van der Waals surface area contributed by atoms with Crippen molar-refractivity contribution in [1.29, 1.82) is 0 Å². The topological polar surface area (TPSA) is 82.6 Å². The van der Waals surface area contributed by atoms with Crippen molar-refractivity contribution in [1.82, 2.24) is 9.55 Å². The van der Waals surface area contributed by atoms with Gasteiger partial charge in [-0.25, -0.2) is 4.79 Å². The minimum absolute atomic E-state index is 0.168. The number of rotatable bonds is 3. The molecule has 1 fully saturated rings. The van der Waals surface area contributed by atoms with Crippen molar-refractivity contribution in [2.24, 2.45) is 7.05 Å². The number of hydrogen-bond acceptors (Lipinski definition) is 5. The fraction of sp³-hybridized carbons (Fsp3) is 0.600. The van der Waals surface area contributed by atoms with E-state index in [4.69, 9.17) is 14.2 Å². The average molecular weight is 242 g/mol. The smallest absolute Gasteiger partial charge is 0.330 e. The van der Waals surface area contributed by atoms with Crippen LogP contribution in [0.3, 0.4) is 0 Å². The number of aromatic nitrogens is 2. The zero-order chi connectivity index (χ0) is 12.3. The van der Waals surface area contributed by atoms with Crippen molar-refractivity contribution < 1.29 is 14.2 Å². The van der Waals surface area contributed by atoms with E-state index in [2.05, 4.69) is 4.98 Å². The Kier molecular flexibility index (Phi) is 3.60. The van der Waals surface area contributed by atoms with Crippen LogP contribution in [0.1, 0.15) is 0 Å². The standard InChI is InChI=1S/C10H14N2O5/c1-12-9(4-8(13)11-10(12)14)17-6-7-5-15-2-3-16-7/h4,7H,2-3,5-6H2,1H3,(H,11,13,14). The van der Waals surface area contributed by atoms with Crippen LogP contribution in [-0.2, 0) is 16.5 Å². The summed E-state index contributed by atoms with van der Waals surface area (Å²) in [6.07, 6.45) is -0.168. The predicted octanol–water partition coefficient (Wildman–Crippen LogP) is -1.13. The van der Waals surface area contributed by atoms with E-state index in [0.717, 1.165) is 0 Å². The van der Waals surface area contributed by atoms with Crippen LogP contribution < -0.4 is 16.0 Å². The fourth-order valence-corrected chi connectivity index (χ4v) is 1.48. The van der Waals surface area contributed by atoms with Crippen LogP contribution in [0, 0.1) is 0 Å². The van der Waals surface area contributed by atoms with Crippen molar-refractivity contribution in [3.63, 3.8) is 0 Å². The van der Waals surface area contributed by atoms with Gasteiger partial charge in [0.15, 0.2) is 0 Å². The Morgan fingerprint density at radius 1 is 1.53 bits per heavy atom. The van der Waals surface area contributed by atoms with Crippen molar-refractivity contribution in [3.05, 3.63) is 26.9 Å². The van der Waals surface area contributed by atoms with Gasteiger partial charge in [-0.2, -0.15) is 0 Å². The summed E-state index contributed by atoms with van der Waals surface area (Å²) in [5.74, 6) is 0.216. The van der Waals surface area contributed by atoms with Gasteiger partial charge in [0.2, 0.25) is 5.88 Å². The van der Waals surface area contributed by atoms with Gasteiger partial charge in [-0.15, -0.1) is 0 Å². The van der Waals surface area contributed by atoms with Crippen LogP contribution in [-0.4, -0.2) is 42.1 Å². The third-order valence-corrected chi connectivity index (χ3v) is 2.42. The molecular weight excluding hydrogens is 228 g/mol. The Hall–Kier alpha value is -1.60. The van der Waals surface area contributed by atoms with Crippen molar-refractivity contribution >= 4 is 0 Å². The van der Waals surface area contributed by atoms with E-state index < -0.39 is 11.2 Å². The molecular formula is C10H14N2O5. The van der Waals surface area contributed by atoms with Crippen molar-refractivity contribution in [2.45, 2.75) is 6.10 Å². The molecule has 1 atom stereocenters. The van der Waals surface area contributed by atoms with Crippen LogP contribution in [0.5, 0.6) is 5.88 Å². The average Bonchev–Trinajstić information content (AvgIpc) is 2.33. The maximum atomic E-state index is 11.3. The second-order valence-electron chi connectivity index (χ2n) is 3.71. The Balaban J connectivity index is 2.03. The lowest BCUT2D eigenvalue weighted by atomic mass is 10.4. The van der Waals surface area contributed by atoms with Crippen LogP contribution in [0.2, 0.25) is 0 Å². The maximum absolute atomic E-state index is 11.3. The molecule has 1 saturated heterocycles. The van der Waals surface area contributed by atoms with Crippen molar-refractivity contribution in [3.8, 4) is 5.88 Å². The van der Waals surface area contributed by atoms with E-state index in [1.165, 1.54) is 17.7 Å². The molecule has 1 aliphatic rings. The summed E-state index contributed by atoms with van der Waals surface area (Å²) >= 11 is 0. The van der Waals surface area contributed by atoms with Gasteiger partial charge in [-0.05, 0) is 0 Å². The van der Waals surface area contributed by atoms with E-state index in [9.17, 15) is 9.59 Å². The molecule has 0 aromatic carbocycles. The molecule has 0 spiro atoms. The molecule has 0 bridgehead atoms. The highest BCUT2D eigenvalue weighted by atomic mass is 16.6. The van der Waals surface area contributed by atoms with Gasteiger partial charge in [-0.1, -0.05) is 0 Å². The Labute approximate surface area is 96.9 Å². The van der Waals surface area contributed by atoms with Crippen LogP contribution >= 0.6 is 0 Å². The Morgan fingerprint density at radius 2 is 2.35 bits per heavy atom. The molecule has 7 nitrogen and oxygen atoms in total. The number of H-pyrrole nitrogens is 1. The minimum atomic E-state index is -0.506.